The van der Waals surface area contributed by atoms with E-state index in [1.807, 2.05) is 18.2 Å². The molecule has 0 aromatic heterocycles. The Labute approximate surface area is 206 Å². The minimum Gasteiger partial charge on any atom is -0.354 e. The highest BCUT2D eigenvalue weighted by Crippen LogP contribution is 2.52. The molecule has 2 aromatic carbocycles. The minimum absolute atomic E-state index is 0.192. The monoisotopic (exact) mass is 487 g/mol. The third-order valence-corrected chi connectivity index (χ3v) is 7.97. The lowest BCUT2D eigenvalue weighted by Crippen LogP contribution is -2.35. The molecule has 2 aromatic rings. The SMILES string of the molecule is C=C1CC(C)(c2cccc(Nc3ccccc3CC(F)(F)F)c2Cl)CC(=C)C1C1CCCCC1. The van der Waals surface area contributed by atoms with Gasteiger partial charge in [0.1, 0.15) is 0 Å². The van der Waals surface area contributed by atoms with Gasteiger partial charge in [0.2, 0.25) is 0 Å². The van der Waals surface area contributed by atoms with Crippen LogP contribution >= 0.6 is 11.6 Å². The van der Waals surface area contributed by atoms with Crippen LogP contribution in [0.15, 0.2) is 66.8 Å². The van der Waals surface area contributed by atoms with Crippen LogP contribution in [-0.2, 0) is 11.8 Å². The zero-order valence-electron chi connectivity index (χ0n) is 19.8. The van der Waals surface area contributed by atoms with Crippen LogP contribution in [0.25, 0.3) is 0 Å². The minimum atomic E-state index is -4.28. The van der Waals surface area contributed by atoms with Crippen molar-refractivity contribution in [2.24, 2.45) is 11.8 Å². The summed E-state index contributed by atoms with van der Waals surface area (Å²) in [5.74, 6) is 1.02. The van der Waals surface area contributed by atoms with Crippen LogP contribution in [0.5, 0.6) is 0 Å². The maximum Gasteiger partial charge on any atom is 0.393 e. The van der Waals surface area contributed by atoms with E-state index in [-0.39, 0.29) is 11.0 Å². The molecular weight excluding hydrogens is 455 g/mol. The molecule has 0 radical (unpaired) electrons. The third-order valence-electron chi connectivity index (χ3n) is 7.56. The molecule has 1 N–H and O–H groups in total. The fourth-order valence-electron chi connectivity index (χ4n) is 6.15. The van der Waals surface area contributed by atoms with Gasteiger partial charge in [0, 0.05) is 17.0 Å². The van der Waals surface area contributed by atoms with Crippen molar-refractivity contribution in [1.82, 2.24) is 0 Å². The lowest BCUT2D eigenvalue weighted by Gasteiger charge is -2.45. The molecule has 1 nitrogen and oxygen atoms in total. The highest BCUT2D eigenvalue weighted by Gasteiger charge is 2.41. The summed E-state index contributed by atoms with van der Waals surface area (Å²) >= 11 is 6.90. The molecule has 0 saturated heterocycles. The maximum atomic E-state index is 13.1. The van der Waals surface area contributed by atoms with Crippen molar-refractivity contribution in [3.63, 3.8) is 0 Å². The lowest BCUT2D eigenvalue weighted by molar-refractivity contribution is -0.127. The average molecular weight is 488 g/mol. The summed E-state index contributed by atoms with van der Waals surface area (Å²) in [6.07, 6.45) is 2.78. The fraction of sp³-hybridized carbons (Fsp3) is 0.448. The molecule has 0 unspecified atom stereocenters. The van der Waals surface area contributed by atoms with E-state index in [1.165, 1.54) is 49.3 Å². The number of anilines is 2. The van der Waals surface area contributed by atoms with E-state index in [4.69, 9.17) is 11.6 Å². The predicted molar refractivity (Wildman–Crippen MR) is 136 cm³/mol. The summed E-state index contributed by atoms with van der Waals surface area (Å²) < 4.78 is 39.2. The van der Waals surface area contributed by atoms with E-state index in [1.54, 1.807) is 18.2 Å². The Hall–Kier alpha value is -2.20. The van der Waals surface area contributed by atoms with Gasteiger partial charge in [-0.1, -0.05) is 92.4 Å². The topological polar surface area (TPSA) is 12.0 Å². The normalized spacial score (nSPS) is 24.3. The van der Waals surface area contributed by atoms with E-state index in [0.29, 0.717) is 28.2 Å². The standard InChI is InChI=1S/C29H33ClF3N/c1-19-16-28(3,17-20(2)26(19)21-10-5-4-6-11-21)23-13-9-15-25(27(23)30)34-24-14-8-7-12-22(24)18-29(31,32)33/h7-9,12-15,21,26,34H,1-2,4-6,10-11,16-18H2,3H3. The molecule has 0 aliphatic heterocycles. The molecular formula is C29H33ClF3N. The van der Waals surface area contributed by atoms with E-state index in [9.17, 15) is 13.2 Å². The largest absolute Gasteiger partial charge is 0.393 e. The molecule has 182 valence electrons. The first-order valence-corrected chi connectivity index (χ1v) is 12.5. The van der Waals surface area contributed by atoms with Crippen molar-refractivity contribution in [3.05, 3.63) is 82.9 Å². The van der Waals surface area contributed by atoms with Crippen LogP contribution in [0.2, 0.25) is 5.02 Å². The van der Waals surface area contributed by atoms with Gasteiger partial charge in [-0.25, -0.2) is 0 Å². The molecule has 0 bridgehead atoms. The van der Waals surface area contributed by atoms with Crippen LogP contribution in [0.4, 0.5) is 24.5 Å². The van der Waals surface area contributed by atoms with Crippen LogP contribution in [0.1, 0.15) is 63.0 Å². The second-order valence-electron chi connectivity index (χ2n) is 10.3. The zero-order valence-corrected chi connectivity index (χ0v) is 20.5. The molecule has 0 atom stereocenters. The number of para-hydroxylation sites is 1. The Morgan fingerprint density at radius 2 is 1.56 bits per heavy atom. The van der Waals surface area contributed by atoms with E-state index >= 15 is 0 Å². The van der Waals surface area contributed by atoms with E-state index in [0.717, 1.165) is 18.4 Å². The van der Waals surface area contributed by atoms with Gasteiger partial charge in [-0.15, -0.1) is 0 Å². The smallest absolute Gasteiger partial charge is 0.354 e. The first-order valence-electron chi connectivity index (χ1n) is 12.1. The van der Waals surface area contributed by atoms with Gasteiger partial charge in [-0.05, 0) is 54.9 Å². The lowest BCUT2D eigenvalue weighted by atomic mass is 9.60. The third kappa shape index (κ3) is 5.38. The van der Waals surface area contributed by atoms with Gasteiger partial charge in [-0.3, -0.25) is 0 Å². The van der Waals surface area contributed by atoms with Crippen molar-refractivity contribution in [2.75, 3.05) is 5.32 Å². The quantitative estimate of drug-likeness (QED) is 0.414. The maximum absolute atomic E-state index is 13.1. The number of rotatable bonds is 5. The fourth-order valence-corrected chi connectivity index (χ4v) is 6.55. The zero-order chi connectivity index (χ0) is 24.5. The number of halogens is 4. The van der Waals surface area contributed by atoms with Gasteiger partial charge in [-0.2, -0.15) is 13.2 Å². The summed E-state index contributed by atoms with van der Waals surface area (Å²) in [5.41, 5.74) is 4.42. The Morgan fingerprint density at radius 1 is 0.941 bits per heavy atom. The number of allylic oxidation sites excluding steroid dienone is 2. The summed E-state index contributed by atoms with van der Waals surface area (Å²) in [7, 11) is 0. The molecule has 0 spiro atoms. The second-order valence-corrected chi connectivity index (χ2v) is 10.7. The van der Waals surface area contributed by atoms with Crippen LogP contribution in [-0.4, -0.2) is 6.18 Å². The summed E-state index contributed by atoms with van der Waals surface area (Å²) in [6, 6.07) is 12.3. The van der Waals surface area contributed by atoms with Crippen molar-refractivity contribution < 1.29 is 13.2 Å². The van der Waals surface area contributed by atoms with Crippen LogP contribution < -0.4 is 5.32 Å². The van der Waals surface area contributed by atoms with Gasteiger partial charge < -0.3 is 5.32 Å². The number of hydrogen-bond acceptors (Lipinski definition) is 1. The van der Waals surface area contributed by atoms with Crippen LogP contribution in [0, 0.1) is 11.8 Å². The molecule has 0 heterocycles. The van der Waals surface area contributed by atoms with Gasteiger partial charge in [0.25, 0.3) is 0 Å². The summed E-state index contributed by atoms with van der Waals surface area (Å²) in [6.45, 7) is 11.2. The van der Waals surface area contributed by atoms with Crippen molar-refractivity contribution >= 4 is 23.0 Å². The first-order chi connectivity index (χ1) is 16.1. The molecule has 2 saturated carbocycles. The first kappa shape index (κ1) is 24.9. The van der Waals surface area contributed by atoms with Gasteiger partial charge >= 0.3 is 6.18 Å². The van der Waals surface area contributed by atoms with E-state index in [2.05, 4.69) is 25.4 Å². The van der Waals surface area contributed by atoms with Gasteiger partial charge in [0.05, 0.1) is 17.1 Å². The van der Waals surface area contributed by atoms with Gasteiger partial charge in [0.15, 0.2) is 0 Å². The molecule has 4 rings (SSSR count). The molecule has 34 heavy (non-hydrogen) atoms. The molecule has 5 heteroatoms. The second kappa shape index (κ2) is 9.81. The predicted octanol–water partition coefficient (Wildman–Crippen LogP) is 9.55. The Balaban J connectivity index is 1.59. The Kier molecular flexibility index (Phi) is 7.19. The molecule has 2 aliphatic carbocycles. The highest BCUT2D eigenvalue weighted by molar-refractivity contribution is 6.34. The molecule has 0 amide bonds. The Morgan fingerprint density at radius 3 is 2.21 bits per heavy atom. The summed E-state index contributed by atoms with van der Waals surface area (Å²) in [4.78, 5) is 0. The number of hydrogen-bond donors (Lipinski definition) is 1. The number of alkyl halides is 3. The average Bonchev–Trinajstić information content (AvgIpc) is 2.75. The van der Waals surface area contributed by atoms with Crippen molar-refractivity contribution in [2.45, 2.75) is 69.9 Å². The highest BCUT2D eigenvalue weighted by atomic mass is 35.5. The summed E-state index contributed by atoms with van der Waals surface area (Å²) in [5, 5.41) is 3.71. The Bertz CT molecular complexity index is 1050. The van der Waals surface area contributed by atoms with E-state index < -0.39 is 12.6 Å². The number of nitrogens with one attached hydrogen (secondary N) is 1. The van der Waals surface area contributed by atoms with Crippen molar-refractivity contribution in [3.8, 4) is 0 Å². The molecule has 2 fully saturated rings. The molecule has 2 aliphatic rings. The van der Waals surface area contributed by atoms with Crippen molar-refractivity contribution in [1.29, 1.82) is 0 Å². The number of benzene rings is 2. The van der Waals surface area contributed by atoms with Crippen LogP contribution in [0.3, 0.4) is 0 Å².